The number of rotatable bonds is 7. The van der Waals surface area contributed by atoms with Gasteiger partial charge in [-0.05, 0) is 18.1 Å². The Hall–Kier alpha value is 0.0569. The van der Waals surface area contributed by atoms with Crippen LogP contribution in [0.4, 0.5) is 0 Å². The van der Waals surface area contributed by atoms with Crippen LogP contribution < -0.4 is 5.32 Å². The molecule has 1 fully saturated rings. The van der Waals surface area contributed by atoms with Crippen molar-refractivity contribution in [3.63, 3.8) is 0 Å². The van der Waals surface area contributed by atoms with Crippen LogP contribution in [0.15, 0.2) is 0 Å². The maximum atomic E-state index is 6.13. The first kappa shape index (κ1) is 17.1. The van der Waals surface area contributed by atoms with Crippen molar-refractivity contribution >= 4 is 8.32 Å². The van der Waals surface area contributed by atoms with Crippen LogP contribution in [-0.2, 0) is 9.16 Å². The number of nitrogens with zero attached hydrogens (tertiary/aromatic N) is 1. The monoisotopic (exact) mass is 288 g/mol. The van der Waals surface area contributed by atoms with Crippen molar-refractivity contribution in [3.05, 3.63) is 0 Å². The van der Waals surface area contributed by atoms with E-state index >= 15 is 0 Å². The van der Waals surface area contributed by atoms with E-state index in [0.717, 1.165) is 52.5 Å². The zero-order valence-corrected chi connectivity index (χ0v) is 14.4. The molecule has 1 saturated heterocycles. The van der Waals surface area contributed by atoms with Crippen LogP contribution in [0.5, 0.6) is 0 Å². The lowest BCUT2D eigenvalue weighted by Crippen LogP contribution is -2.43. The van der Waals surface area contributed by atoms with Gasteiger partial charge in [0.1, 0.15) is 0 Å². The summed E-state index contributed by atoms with van der Waals surface area (Å²) in [6, 6.07) is 0. The van der Waals surface area contributed by atoms with Crippen LogP contribution in [0.3, 0.4) is 0 Å². The summed E-state index contributed by atoms with van der Waals surface area (Å²) in [5, 5.41) is 3.78. The zero-order chi connectivity index (χ0) is 14.4. The molecule has 19 heavy (non-hydrogen) atoms. The predicted octanol–water partition coefficient (Wildman–Crippen LogP) is 1.93. The van der Waals surface area contributed by atoms with E-state index in [4.69, 9.17) is 9.16 Å². The highest BCUT2D eigenvalue weighted by molar-refractivity contribution is 6.74. The molecule has 0 aromatic heterocycles. The van der Waals surface area contributed by atoms with Crippen molar-refractivity contribution in [2.24, 2.45) is 0 Å². The van der Waals surface area contributed by atoms with Crippen LogP contribution in [-0.4, -0.2) is 65.8 Å². The predicted molar refractivity (Wildman–Crippen MR) is 83.3 cm³/mol. The number of hydrogen-bond donors (Lipinski definition) is 1. The summed E-state index contributed by atoms with van der Waals surface area (Å²) in [5.74, 6) is 0. The fraction of sp³-hybridized carbons (Fsp3) is 1.00. The second-order valence-corrected chi connectivity index (χ2v) is 11.6. The molecule has 114 valence electrons. The van der Waals surface area contributed by atoms with Crippen molar-refractivity contribution in [2.75, 3.05) is 52.5 Å². The van der Waals surface area contributed by atoms with Crippen LogP contribution >= 0.6 is 0 Å². The van der Waals surface area contributed by atoms with Crippen LogP contribution in [0, 0.1) is 0 Å². The molecule has 0 aromatic rings. The van der Waals surface area contributed by atoms with Gasteiger partial charge >= 0.3 is 0 Å². The lowest BCUT2D eigenvalue weighted by Gasteiger charge is -2.36. The summed E-state index contributed by atoms with van der Waals surface area (Å²) in [6.07, 6.45) is 0. The van der Waals surface area contributed by atoms with Gasteiger partial charge in [0.15, 0.2) is 8.32 Å². The molecule has 0 aliphatic carbocycles. The number of hydrogen-bond acceptors (Lipinski definition) is 4. The van der Waals surface area contributed by atoms with Gasteiger partial charge in [-0.15, -0.1) is 0 Å². The third-order valence-corrected chi connectivity index (χ3v) is 8.79. The largest absolute Gasteiger partial charge is 0.416 e. The Bertz CT molecular complexity index is 248. The van der Waals surface area contributed by atoms with Crippen LogP contribution in [0.1, 0.15) is 20.8 Å². The molecule has 4 nitrogen and oxygen atoms in total. The van der Waals surface area contributed by atoms with Crippen molar-refractivity contribution in [3.8, 4) is 0 Å². The highest BCUT2D eigenvalue weighted by atomic mass is 28.4. The zero-order valence-electron chi connectivity index (χ0n) is 13.4. The standard InChI is InChI=1S/C14H32N2O2Si/c1-14(2,3)19(4,5)18-11-7-15-6-8-16-9-12-17-13-10-16/h15H,6-13H2,1-5H3. The first-order valence-corrected chi connectivity index (χ1v) is 10.4. The first-order chi connectivity index (χ1) is 8.83. The topological polar surface area (TPSA) is 33.7 Å². The van der Waals surface area contributed by atoms with Gasteiger partial charge in [0.25, 0.3) is 0 Å². The Kier molecular flexibility index (Phi) is 6.97. The Labute approximate surface area is 120 Å². The van der Waals surface area contributed by atoms with E-state index in [1.54, 1.807) is 0 Å². The van der Waals surface area contributed by atoms with Crippen LogP contribution in [0.2, 0.25) is 18.1 Å². The number of nitrogens with one attached hydrogen (secondary N) is 1. The maximum absolute atomic E-state index is 6.13. The molecule has 0 atom stereocenters. The van der Waals surface area contributed by atoms with E-state index in [2.05, 4.69) is 44.1 Å². The SMILES string of the molecule is CC(C)(C)[Si](C)(C)OCCNCCN1CCOCC1. The molecule has 0 saturated carbocycles. The van der Waals surface area contributed by atoms with Gasteiger partial charge in [-0.3, -0.25) is 4.90 Å². The summed E-state index contributed by atoms with van der Waals surface area (Å²) in [4.78, 5) is 2.45. The van der Waals surface area contributed by atoms with E-state index in [9.17, 15) is 0 Å². The minimum absolute atomic E-state index is 0.306. The maximum Gasteiger partial charge on any atom is 0.192 e. The Balaban J connectivity index is 2.02. The van der Waals surface area contributed by atoms with Gasteiger partial charge in [-0.1, -0.05) is 20.8 Å². The molecule has 1 heterocycles. The summed E-state index contributed by atoms with van der Waals surface area (Å²) >= 11 is 0. The molecule has 1 aliphatic rings. The van der Waals surface area contributed by atoms with Gasteiger partial charge in [0.05, 0.1) is 13.2 Å². The average Bonchev–Trinajstić information content (AvgIpc) is 2.33. The van der Waals surface area contributed by atoms with Gasteiger partial charge in [-0.25, -0.2) is 0 Å². The average molecular weight is 289 g/mol. The lowest BCUT2D eigenvalue weighted by atomic mass is 10.2. The second-order valence-electron chi connectivity index (χ2n) is 6.81. The first-order valence-electron chi connectivity index (χ1n) is 7.48. The van der Waals surface area contributed by atoms with E-state index < -0.39 is 8.32 Å². The van der Waals surface area contributed by atoms with Crippen molar-refractivity contribution < 1.29 is 9.16 Å². The normalized spacial score (nSPS) is 18.8. The third kappa shape index (κ3) is 6.36. The van der Waals surface area contributed by atoms with Crippen molar-refractivity contribution in [2.45, 2.75) is 38.9 Å². The summed E-state index contributed by atoms with van der Waals surface area (Å²) in [5.41, 5.74) is 0. The molecule has 0 aromatic carbocycles. The fourth-order valence-electron chi connectivity index (χ4n) is 1.78. The van der Waals surface area contributed by atoms with Gasteiger partial charge in [-0.2, -0.15) is 0 Å². The molecule has 1 rings (SSSR count). The van der Waals surface area contributed by atoms with Crippen molar-refractivity contribution in [1.29, 1.82) is 0 Å². The highest BCUT2D eigenvalue weighted by Crippen LogP contribution is 2.36. The minimum atomic E-state index is -1.56. The quantitative estimate of drug-likeness (QED) is 0.573. The summed E-state index contributed by atoms with van der Waals surface area (Å²) < 4.78 is 11.5. The van der Waals surface area contributed by atoms with Gasteiger partial charge < -0.3 is 14.5 Å². The van der Waals surface area contributed by atoms with E-state index in [1.165, 1.54) is 0 Å². The highest BCUT2D eigenvalue weighted by Gasteiger charge is 2.36. The molecule has 0 amide bonds. The Morgan fingerprint density at radius 3 is 2.37 bits per heavy atom. The molecule has 0 spiro atoms. The number of morpholine rings is 1. The lowest BCUT2D eigenvalue weighted by molar-refractivity contribution is 0.0383. The van der Waals surface area contributed by atoms with Crippen LogP contribution in [0.25, 0.3) is 0 Å². The third-order valence-electron chi connectivity index (χ3n) is 4.26. The molecule has 0 radical (unpaired) electrons. The summed E-state index contributed by atoms with van der Waals surface area (Å²) in [6.45, 7) is 19.3. The van der Waals surface area contributed by atoms with E-state index in [1.807, 2.05) is 0 Å². The molecule has 1 N–H and O–H groups in total. The molecule has 1 aliphatic heterocycles. The summed E-state index contributed by atoms with van der Waals surface area (Å²) in [7, 11) is -1.56. The molecule has 5 heteroatoms. The Morgan fingerprint density at radius 1 is 1.16 bits per heavy atom. The molecular weight excluding hydrogens is 256 g/mol. The number of ether oxygens (including phenoxy) is 1. The van der Waals surface area contributed by atoms with E-state index in [0.29, 0.717) is 5.04 Å². The van der Waals surface area contributed by atoms with Crippen molar-refractivity contribution in [1.82, 2.24) is 10.2 Å². The minimum Gasteiger partial charge on any atom is -0.416 e. The smallest absolute Gasteiger partial charge is 0.192 e. The van der Waals surface area contributed by atoms with Gasteiger partial charge in [0.2, 0.25) is 0 Å². The second kappa shape index (κ2) is 7.74. The molecule has 0 bridgehead atoms. The Morgan fingerprint density at radius 2 is 1.79 bits per heavy atom. The molecular formula is C14H32N2O2Si. The fourth-order valence-corrected chi connectivity index (χ4v) is 2.83. The van der Waals surface area contributed by atoms with Gasteiger partial charge in [0, 0.05) is 39.3 Å². The molecule has 0 unspecified atom stereocenters. The van der Waals surface area contributed by atoms with E-state index in [-0.39, 0.29) is 0 Å².